The van der Waals surface area contributed by atoms with Gasteiger partial charge in [-0.3, -0.25) is 0 Å². The van der Waals surface area contributed by atoms with Crippen LogP contribution in [0.5, 0.6) is 0 Å². The van der Waals surface area contributed by atoms with Crippen molar-refractivity contribution in [3.05, 3.63) is 78.1 Å². The third-order valence-corrected chi connectivity index (χ3v) is 3.84. The summed E-state index contributed by atoms with van der Waals surface area (Å²) in [5, 5.41) is 15.4. The van der Waals surface area contributed by atoms with Crippen LogP contribution in [0.15, 0.2) is 67.0 Å². The Morgan fingerprint density at radius 2 is 1.77 bits per heavy atom. The summed E-state index contributed by atoms with van der Waals surface area (Å²) in [6, 6.07) is 18.8. The maximum Gasteiger partial charge on any atom is 0.335 e. The molecule has 0 fully saturated rings. The molecule has 6 heteroatoms. The normalized spacial score (nSPS) is 10.3. The number of carboxylic acids is 1. The third-order valence-electron chi connectivity index (χ3n) is 3.84. The quantitative estimate of drug-likeness (QED) is 0.534. The number of aromatic carboxylic acids is 1. The van der Waals surface area contributed by atoms with Crippen molar-refractivity contribution < 1.29 is 9.90 Å². The molecule has 0 saturated heterocycles. The Morgan fingerprint density at radius 3 is 2.58 bits per heavy atom. The van der Waals surface area contributed by atoms with Crippen LogP contribution >= 0.6 is 0 Å². The van der Waals surface area contributed by atoms with Gasteiger partial charge in [-0.1, -0.05) is 36.4 Å². The summed E-state index contributed by atoms with van der Waals surface area (Å²) in [6.45, 7) is 0.805. The molecular weight excluding hydrogens is 328 g/mol. The van der Waals surface area contributed by atoms with Crippen LogP contribution in [-0.2, 0) is 6.42 Å². The average Bonchev–Trinajstić information content (AvgIpc) is 2.67. The number of hydrogen-bond acceptors (Lipinski definition) is 5. The van der Waals surface area contributed by atoms with Gasteiger partial charge in [0.2, 0.25) is 0 Å². The highest BCUT2D eigenvalue weighted by Crippen LogP contribution is 2.17. The minimum absolute atomic E-state index is 0.225. The van der Waals surface area contributed by atoms with Gasteiger partial charge in [-0.25, -0.2) is 14.8 Å². The summed E-state index contributed by atoms with van der Waals surface area (Å²) in [5.41, 5.74) is 2.21. The third kappa shape index (κ3) is 5.04. The summed E-state index contributed by atoms with van der Waals surface area (Å²) < 4.78 is 0. The summed E-state index contributed by atoms with van der Waals surface area (Å²) in [7, 11) is 0. The molecule has 0 spiro atoms. The van der Waals surface area contributed by atoms with Gasteiger partial charge in [-0.2, -0.15) is 0 Å². The van der Waals surface area contributed by atoms with Gasteiger partial charge in [-0.15, -0.1) is 0 Å². The zero-order valence-electron chi connectivity index (χ0n) is 14.2. The zero-order chi connectivity index (χ0) is 18.2. The fourth-order valence-corrected chi connectivity index (χ4v) is 2.55. The van der Waals surface area contributed by atoms with E-state index in [9.17, 15) is 4.79 Å². The number of aromatic nitrogens is 2. The lowest BCUT2D eigenvalue weighted by molar-refractivity contribution is 0.0697. The van der Waals surface area contributed by atoms with Crippen molar-refractivity contribution in [2.45, 2.75) is 12.8 Å². The van der Waals surface area contributed by atoms with Gasteiger partial charge in [0, 0.05) is 18.3 Å². The lowest BCUT2D eigenvalue weighted by Crippen LogP contribution is -2.06. The summed E-state index contributed by atoms with van der Waals surface area (Å²) in [4.78, 5) is 19.4. The van der Waals surface area contributed by atoms with E-state index in [1.165, 1.54) is 11.9 Å². The van der Waals surface area contributed by atoms with Crippen LogP contribution in [-0.4, -0.2) is 27.6 Å². The van der Waals surface area contributed by atoms with E-state index in [0.717, 1.165) is 25.2 Å². The first-order valence-electron chi connectivity index (χ1n) is 8.41. The van der Waals surface area contributed by atoms with E-state index in [2.05, 4.69) is 32.7 Å². The highest BCUT2D eigenvalue weighted by molar-refractivity contribution is 5.89. The molecule has 3 N–H and O–H groups in total. The molecule has 0 unspecified atom stereocenters. The average molecular weight is 348 g/mol. The Kier molecular flexibility index (Phi) is 5.77. The topological polar surface area (TPSA) is 87.1 Å². The van der Waals surface area contributed by atoms with E-state index < -0.39 is 5.97 Å². The summed E-state index contributed by atoms with van der Waals surface area (Å²) in [5.74, 6) is 0.371. The van der Waals surface area contributed by atoms with E-state index in [0.29, 0.717) is 11.5 Å². The highest BCUT2D eigenvalue weighted by atomic mass is 16.4. The van der Waals surface area contributed by atoms with Gasteiger partial charge < -0.3 is 15.7 Å². The van der Waals surface area contributed by atoms with Crippen LogP contribution < -0.4 is 10.6 Å². The minimum atomic E-state index is -0.961. The largest absolute Gasteiger partial charge is 0.478 e. The molecule has 3 rings (SSSR count). The molecule has 26 heavy (non-hydrogen) atoms. The molecule has 0 aliphatic carbocycles. The van der Waals surface area contributed by atoms with Crippen LogP contribution in [0.1, 0.15) is 22.3 Å². The van der Waals surface area contributed by atoms with Gasteiger partial charge in [0.05, 0.1) is 5.56 Å². The molecule has 6 nitrogen and oxygen atoms in total. The van der Waals surface area contributed by atoms with Gasteiger partial charge in [-0.05, 0) is 36.6 Å². The van der Waals surface area contributed by atoms with Crippen molar-refractivity contribution in [2.75, 3.05) is 17.2 Å². The Bertz CT molecular complexity index is 868. The molecule has 1 aromatic heterocycles. The Labute approximate surface area is 152 Å². The molecule has 0 aliphatic rings. The Balaban J connectivity index is 1.54. The molecular formula is C20H20N4O2. The maximum atomic E-state index is 11.0. The van der Waals surface area contributed by atoms with Crippen molar-refractivity contribution in [2.24, 2.45) is 0 Å². The number of hydrogen-bond donors (Lipinski definition) is 3. The number of anilines is 3. The van der Waals surface area contributed by atoms with Crippen LogP contribution in [0.3, 0.4) is 0 Å². The molecule has 0 bridgehead atoms. The predicted octanol–water partition coefficient (Wildman–Crippen LogP) is 3.96. The number of rotatable bonds is 8. The standard InChI is InChI=1S/C20H20N4O2/c25-20(26)16-9-4-10-17(12-16)24-19-13-18(22-14-23-19)21-11-5-8-15-6-2-1-3-7-15/h1-4,6-7,9-10,12-14H,5,8,11H2,(H,25,26)(H2,21,22,23,24). The fraction of sp³-hybridized carbons (Fsp3) is 0.150. The minimum Gasteiger partial charge on any atom is -0.478 e. The first kappa shape index (κ1) is 17.4. The second-order valence-electron chi connectivity index (χ2n) is 5.82. The van der Waals surface area contributed by atoms with Gasteiger partial charge in [0.1, 0.15) is 18.0 Å². The second-order valence-corrected chi connectivity index (χ2v) is 5.82. The van der Waals surface area contributed by atoms with E-state index in [1.807, 2.05) is 18.2 Å². The highest BCUT2D eigenvalue weighted by Gasteiger charge is 2.04. The molecule has 0 saturated carbocycles. The molecule has 0 radical (unpaired) electrons. The Morgan fingerprint density at radius 1 is 0.962 bits per heavy atom. The predicted molar refractivity (Wildman–Crippen MR) is 102 cm³/mol. The first-order valence-corrected chi connectivity index (χ1v) is 8.41. The number of benzene rings is 2. The van der Waals surface area contributed by atoms with E-state index >= 15 is 0 Å². The van der Waals surface area contributed by atoms with Crippen LogP contribution in [0.4, 0.5) is 17.3 Å². The lowest BCUT2D eigenvalue weighted by Gasteiger charge is -2.09. The molecule has 1 heterocycles. The van der Waals surface area contributed by atoms with Crippen molar-refractivity contribution in [3.8, 4) is 0 Å². The molecule has 132 valence electrons. The van der Waals surface area contributed by atoms with Crippen molar-refractivity contribution >= 4 is 23.3 Å². The number of aryl methyl sites for hydroxylation is 1. The van der Waals surface area contributed by atoms with E-state index in [1.54, 1.807) is 30.3 Å². The molecule has 0 aliphatic heterocycles. The molecule has 0 amide bonds. The van der Waals surface area contributed by atoms with Crippen LogP contribution in [0.2, 0.25) is 0 Å². The van der Waals surface area contributed by atoms with Gasteiger partial charge in [0.25, 0.3) is 0 Å². The number of nitrogens with one attached hydrogen (secondary N) is 2. The van der Waals surface area contributed by atoms with Crippen molar-refractivity contribution in [3.63, 3.8) is 0 Å². The monoisotopic (exact) mass is 348 g/mol. The lowest BCUT2D eigenvalue weighted by atomic mass is 10.1. The first-order chi connectivity index (χ1) is 12.7. The number of nitrogens with zero attached hydrogens (tertiary/aromatic N) is 2. The summed E-state index contributed by atoms with van der Waals surface area (Å²) in [6.07, 6.45) is 3.48. The number of carboxylic acid groups (broad SMARTS) is 1. The van der Waals surface area contributed by atoms with Crippen molar-refractivity contribution in [1.82, 2.24) is 9.97 Å². The zero-order valence-corrected chi connectivity index (χ0v) is 14.2. The maximum absolute atomic E-state index is 11.0. The molecule has 0 atom stereocenters. The van der Waals surface area contributed by atoms with E-state index in [-0.39, 0.29) is 5.56 Å². The molecule has 2 aromatic carbocycles. The van der Waals surface area contributed by atoms with E-state index in [4.69, 9.17) is 5.11 Å². The van der Waals surface area contributed by atoms with Gasteiger partial charge in [0.15, 0.2) is 0 Å². The van der Waals surface area contributed by atoms with Gasteiger partial charge >= 0.3 is 5.97 Å². The SMILES string of the molecule is O=C(O)c1cccc(Nc2cc(NCCCc3ccccc3)ncn2)c1. The van der Waals surface area contributed by atoms with Crippen LogP contribution in [0, 0.1) is 0 Å². The van der Waals surface area contributed by atoms with Crippen LogP contribution in [0.25, 0.3) is 0 Å². The number of carbonyl (C=O) groups is 1. The van der Waals surface area contributed by atoms with Crippen molar-refractivity contribution in [1.29, 1.82) is 0 Å². The molecule has 3 aromatic rings. The Hall–Kier alpha value is -3.41. The smallest absolute Gasteiger partial charge is 0.335 e. The summed E-state index contributed by atoms with van der Waals surface area (Å²) >= 11 is 0. The second kappa shape index (κ2) is 8.62. The fourth-order valence-electron chi connectivity index (χ4n) is 2.55.